The number of aryl methyl sites for hydroxylation is 2. The summed E-state index contributed by atoms with van der Waals surface area (Å²) in [6, 6.07) is 9.55. The highest BCUT2D eigenvalue weighted by Crippen LogP contribution is 2.32. The van der Waals surface area contributed by atoms with Gasteiger partial charge < -0.3 is 5.11 Å². The van der Waals surface area contributed by atoms with Crippen molar-refractivity contribution in [3.8, 4) is 0 Å². The van der Waals surface area contributed by atoms with Crippen LogP contribution in [-0.2, 0) is 19.1 Å². The monoisotopic (exact) mass is 312 g/mol. The highest BCUT2D eigenvalue weighted by molar-refractivity contribution is 6.31. The van der Waals surface area contributed by atoms with E-state index < -0.39 is 5.60 Å². The Bertz CT molecular complexity index is 583. The van der Waals surface area contributed by atoms with E-state index in [-0.39, 0.29) is 0 Å². The molecule has 0 bridgehead atoms. The van der Waals surface area contributed by atoms with Crippen molar-refractivity contribution < 1.29 is 5.11 Å². The van der Waals surface area contributed by atoms with E-state index in [1.807, 2.05) is 44.3 Å². The Morgan fingerprint density at radius 1 is 1.30 bits per heavy atom. The lowest BCUT2D eigenvalue weighted by atomic mass is 9.86. The van der Waals surface area contributed by atoms with Gasteiger partial charge in [0, 0.05) is 19.3 Å². The molecule has 0 radical (unpaired) electrons. The Morgan fingerprint density at radius 3 is 2.45 bits per heavy atom. The van der Waals surface area contributed by atoms with Crippen LogP contribution in [0.1, 0.15) is 23.4 Å². The van der Waals surface area contributed by atoms with Gasteiger partial charge in [0.05, 0.1) is 22.0 Å². The number of benzene rings is 1. The summed E-state index contributed by atoms with van der Waals surface area (Å²) in [6.07, 6.45) is 0.846. The summed E-state index contributed by atoms with van der Waals surface area (Å²) in [5.74, 6) is 0.375. The van der Waals surface area contributed by atoms with Crippen LogP contribution in [0.4, 0.5) is 0 Å². The van der Waals surface area contributed by atoms with Gasteiger partial charge in [0.25, 0.3) is 0 Å². The number of hydrogen-bond donors (Lipinski definition) is 1. The van der Waals surface area contributed by atoms with Crippen LogP contribution >= 0.6 is 23.2 Å². The number of aromatic nitrogens is 2. The average molecular weight is 313 g/mol. The van der Waals surface area contributed by atoms with Gasteiger partial charge in [0.15, 0.2) is 0 Å². The molecule has 1 aromatic carbocycles. The molecule has 5 heteroatoms. The Kier molecular flexibility index (Phi) is 4.74. The van der Waals surface area contributed by atoms with Crippen LogP contribution in [0.2, 0.25) is 5.02 Å². The summed E-state index contributed by atoms with van der Waals surface area (Å²) in [5, 5.41) is 15.9. The first-order chi connectivity index (χ1) is 9.48. The minimum absolute atomic E-state index is 0.375. The van der Waals surface area contributed by atoms with E-state index in [0.29, 0.717) is 23.7 Å². The van der Waals surface area contributed by atoms with Crippen molar-refractivity contribution in [2.24, 2.45) is 7.05 Å². The number of nitrogens with zero attached hydrogens (tertiary/aromatic N) is 2. The van der Waals surface area contributed by atoms with Gasteiger partial charge in [-0.15, -0.1) is 11.6 Å². The molecule has 0 aliphatic heterocycles. The summed E-state index contributed by atoms with van der Waals surface area (Å²) in [4.78, 5) is 0. The molecule has 1 aromatic heterocycles. The van der Waals surface area contributed by atoms with Gasteiger partial charge in [0.2, 0.25) is 0 Å². The highest BCUT2D eigenvalue weighted by Gasteiger charge is 2.31. The van der Waals surface area contributed by atoms with Crippen molar-refractivity contribution in [3.05, 3.63) is 52.3 Å². The third-order valence-corrected chi connectivity index (χ3v) is 4.22. The molecule has 1 heterocycles. The zero-order chi connectivity index (χ0) is 14.8. The van der Waals surface area contributed by atoms with Crippen molar-refractivity contribution in [3.63, 3.8) is 0 Å². The molecular weight excluding hydrogens is 295 g/mol. The van der Waals surface area contributed by atoms with Crippen molar-refractivity contribution in [1.82, 2.24) is 9.78 Å². The van der Waals surface area contributed by atoms with Gasteiger partial charge in [0.1, 0.15) is 0 Å². The molecule has 2 rings (SSSR count). The fourth-order valence-corrected chi connectivity index (χ4v) is 2.93. The molecule has 0 saturated heterocycles. The molecule has 1 atom stereocenters. The molecule has 0 fully saturated rings. The number of rotatable bonds is 5. The van der Waals surface area contributed by atoms with E-state index in [4.69, 9.17) is 23.2 Å². The predicted octanol–water partition coefficient (Wildman–Crippen LogP) is 3.44. The molecule has 0 saturated carbocycles. The van der Waals surface area contributed by atoms with E-state index in [9.17, 15) is 5.11 Å². The largest absolute Gasteiger partial charge is 0.385 e. The van der Waals surface area contributed by atoms with Crippen LogP contribution in [0, 0.1) is 6.92 Å². The molecule has 1 N–H and O–H groups in total. The van der Waals surface area contributed by atoms with Crippen molar-refractivity contribution in [2.75, 3.05) is 5.88 Å². The molecule has 20 heavy (non-hydrogen) atoms. The molecule has 1 unspecified atom stereocenters. The molecule has 0 aliphatic carbocycles. The highest BCUT2D eigenvalue weighted by atomic mass is 35.5. The minimum atomic E-state index is -1.03. The SMILES string of the molecule is Cc1nn(C)c(CC(O)(CCCl)c2ccccc2)c1Cl. The summed E-state index contributed by atoms with van der Waals surface area (Å²) < 4.78 is 1.72. The summed E-state index contributed by atoms with van der Waals surface area (Å²) >= 11 is 12.2. The summed E-state index contributed by atoms with van der Waals surface area (Å²) in [6.45, 7) is 1.86. The number of hydrogen-bond acceptors (Lipinski definition) is 2. The maximum atomic E-state index is 11.0. The van der Waals surface area contributed by atoms with Crippen LogP contribution in [-0.4, -0.2) is 20.8 Å². The number of alkyl halides is 1. The Balaban J connectivity index is 2.39. The second kappa shape index (κ2) is 6.17. The third-order valence-electron chi connectivity index (χ3n) is 3.54. The lowest BCUT2D eigenvalue weighted by molar-refractivity contribution is 0.0318. The number of halogens is 2. The topological polar surface area (TPSA) is 38.0 Å². The summed E-state index contributed by atoms with van der Waals surface area (Å²) in [5.41, 5.74) is 1.40. The minimum Gasteiger partial charge on any atom is -0.385 e. The van der Waals surface area contributed by atoms with Gasteiger partial charge in [-0.05, 0) is 18.9 Å². The second-order valence-corrected chi connectivity index (χ2v) is 5.74. The molecule has 3 nitrogen and oxygen atoms in total. The first-order valence-electron chi connectivity index (χ1n) is 6.50. The molecule has 0 amide bonds. The van der Waals surface area contributed by atoms with E-state index in [1.165, 1.54) is 0 Å². The fraction of sp³-hybridized carbons (Fsp3) is 0.400. The maximum absolute atomic E-state index is 11.0. The standard InChI is InChI=1S/C15H18Cl2N2O/c1-11-14(17)13(19(2)18-11)10-15(20,8-9-16)12-6-4-3-5-7-12/h3-7,20H,8-10H2,1-2H3. The van der Waals surface area contributed by atoms with E-state index in [0.717, 1.165) is 17.0 Å². The lowest BCUT2D eigenvalue weighted by Crippen LogP contribution is -2.30. The zero-order valence-electron chi connectivity index (χ0n) is 11.6. The molecule has 0 aliphatic rings. The van der Waals surface area contributed by atoms with Crippen molar-refractivity contribution >= 4 is 23.2 Å². The molecular formula is C15H18Cl2N2O. The smallest absolute Gasteiger partial charge is 0.0963 e. The first-order valence-corrected chi connectivity index (χ1v) is 7.41. The predicted molar refractivity (Wildman–Crippen MR) is 82.3 cm³/mol. The molecule has 108 valence electrons. The van der Waals surface area contributed by atoms with Crippen LogP contribution in [0.3, 0.4) is 0 Å². The van der Waals surface area contributed by atoms with E-state index in [2.05, 4.69) is 5.10 Å². The lowest BCUT2D eigenvalue weighted by Gasteiger charge is -2.28. The van der Waals surface area contributed by atoms with Crippen LogP contribution in [0.25, 0.3) is 0 Å². The zero-order valence-corrected chi connectivity index (χ0v) is 13.1. The normalized spacial score (nSPS) is 14.2. The second-order valence-electron chi connectivity index (χ2n) is 4.98. The first kappa shape index (κ1) is 15.4. The van der Waals surface area contributed by atoms with Crippen LogP contribution < -0.4 is 0 Å². The Hall–Kier alpha value is -1.03. The van der Waals surface area contributed by atoms with Crippen molar-refractivity contribution in [1.29, 1.82) is 0 Å². The van der Waals surface area contributed by atoms with Crippen molar-refractivity contribution in [2.45, 2.75) is 25.4 Å². The van der Waals surface area contributed by atoms with Gasteiger partial charge >= 0.3 is 0 Å². The summed E-state index contributed by atoms with van der Waals surface area (Å²) in [7, 11) is 1.83. The number of aliphatic hydroxyl groups is 1. The van der Waals surface area contributed by atoms with Crippen LogP contribution in [0.5, 0.6) is 0 Å². The average Bonchev–Trinajstić information content (AvgIpc) is 2.67. The van der Waals surface area contributed by atoms with E-state index >= 15 is 0 Å². The van der Waals surface area contributed by atoms with Gasteiger partial charge in [-0.25, -0.2) is 0 Å². The van der Waals surface area contributed by atoms with Gasteiger partial charge in [-0.1, -0.05) is 41.9 Å². The molecule has 2 aromatic rings. The van der Waals surface area contributed by atoms with Crippen LogP contribution in [0.15, 0.2) is 30.3 Å². The quantitative estimate of drug-likeness (QED) is 0.859. The van der Waals surface area contributed by atoms with E-state index in [1.54, 1.807) is 4.68 Å². The van der Waals surface area contributed by atoms with Gasteiger partial charge in [-0.3, -0.25) is 4.68 Å². The maximum Gasteiger partial charge on any atom is 0.0963 e. The third kappa shape index (κ3) is 3.00. The van der Waals surface area contributed by atoms with Gasteiger partial charge in [-0.2, -0.15) is 5.10 Å². The Morgan fingerprint density at radius 2 is 1.95 bits per heavy atom. The Labute approximate surface area is 129 Å². The molecule has 0 spiro atoms. The fourth-order valence-electron chi connectivity index (χ4n) is 2.39.